The Hall–Kier alpha value is -0.123. The van der Waals surface area contributed by atoms with Gasteiger partial charge in [-0.2, -0.15) is 0 Å². The highest BCUT2D eigenvalue weighted by atomic mass is 28.4. The molecule has 0 bridgehead atoms. The number of aliphatic hydroxyl groups excluding tert-OH is 1. The Morgan fingerprint density at radius 2 is 1.94 bits per heavy atom. The van der Waals surface area contributed by atoms with E-state index >= 15 is 0 Å². The summed E-state index contributed by atoms with van der Waals surface area (Å²) in [5.74, 6) is 0.715. The van der Waals surface area contributed by atoms with Crippen molar-refractivity contribution in [3.05, 3.63) is 12.2 Å². The third-order valence-electron chi connectivity index (χ3n) is 4.60. The minimum atomic E-state index is -1.73. The van der Waals surface area contributed by atoms with Gasteiger partial charge in [-0.1, -0.05) is 34.3 Å². The summed E-state index contributed by atoms with van der Waals surface area (Å²) in [5, 5.41) is 9.61. The molecule has 1 N–H and O–H groups in total. The van der Waals surface area contributed by atoms with Crippen molar-refractivity contribution in [3.63, 3.8) is 0 Å². The van der Waals surface area contributed by atoms with Crippen LogP contribution in [0.2, 0.25) is 18.1 Å². The Labute approximate surface area is 107 Å². The van der Waals surface area contributed by atoms with Gasteiger partial charge in [0.25, 0.3) is 0 Å². The number of rotatable bonds is 3. The van der Waals surface area contributed by atoms with E-state index in [0.29, 0.717) is 5.92 Å². The lowest BCUT2D eigenvalue weighted by molar-refractivity contribution is 0.213. The van der Waals surface area contributed by atoms with Crippen molar-refractivity contribution in [2.75, 3.05) is 6.61 Å². The van der Waals surface area contributed by atoms with E-state index in [1.54, 1.807) is 0 Å². The van der Waals surface area contributed by atoms with Gasteiger partial charge in [-0.15, -0.1) is 0 Å². The standard InChI is InChI=1S/C14H28O2Si/c1-10-8-13(11(2)12(10)9-15)16-17(6,7)14(3,4)5/h10,12-13,15H,2,8-9H2,1,3-7H3/t10-,12+,13+/m0/s1. The molecule has 100 valence electrons. The summed E-state index contributed by atoms with van der Waals surface area (Å²) in [4.78, 5) is 0. The Morgan fingerprint density at radius 1 is 1.41 bits per heavy atom. The first-order chi connectivity index (χ1) is 7.60. The van der Waals surface area contributed by atoms with Crippen LogP contribution in [0.4, 0.5) is 0 Å². The van der Waals surface area contributed by atoms with E-state index in [0.717, 1.165) is 12.0 Å². The van der Waals surface area contributed by atoms with Crippen molar-refractivity contribution in [3.8, 4) is 0 Å². The first-order valence-electron chi connectivity index (χ1n) is 6.57. The van der Waals surface area contributed by atoms with E-state index in [4.69, 9.17) is 4.43 Å². The molecule has 3 heteroatoms. The highest BCUT2D eigenvalue weighted by Crippen LogP contribution is 2.43. The minimum Gasteiger partial charge on any atom is -0.410 e. The van der Waals surface area contributed by atoms with Crippen LogP contribution >= 0.6 is 0 Å². The SMILES string of the molecule is C=C1[C@H](O[Si](C)(C)C(C)(C)C)C[C@H](C)[C@H]1CO. The molecule has 1 saturated carbocycles. The third kappa shape index (κ3) is 3.01. The molecule has 0 aliphatic heterocycles. The van der Waals surface area contributed by atoms with E-state index in [1.165, 1.54) is 0 Å². The van der Waals surface area contributed by atoms with Crippen LogP contribution in [-0.2, 0) is 4.43 Å². The van der Waals surface area contributed by atoms with Gasteiger partial charge in [-0.25, -0.2) is 0 Å². The maximum atomic E-state index is 9.38. The molecule has 17 heavy (non-hydrogen) atoms. The van der Waals surface area contributed by atoms with E-state index in [9.17, 15) is 5.11 Å². The molecular weight excluding hydrogens is 228 g/mol. The Bertz CT molecular complexity index is 291. The first kappa shape index (κ1) is 14.9. The molecule has 0 saturated heterocycles. The van der Waals surface area contributed by atoms with Crippen molar-refractivity contribution in [1.82, 2.24) is 0 Å². The molecular formula is C14H28O2Si. The molecule has 0 amide bonds. The molecule has 0 heterocycles. The average molecular weight is 256 g/mol. The average Bonchev–Trinajstić information content (AvgIpc) is 2.39. The van der Waals surface area contributed by atoms with Crippen LogP contribution in [0, 0.1) is 11.8 Å². The summed E-state index contributed by atoms with van der Waals surface area (Å²) in [7, 11) is -1.73. The second-order valence-electron chi connectivity index (χ2n) is 6.94. The fourth-order valence-corrected chi connectivity index (χ4v) is 3.52. The zero-order chi connectivity index (χ0) is 13.4. The summed E-state index contributed by atoms with van der Waals surface area (Å²) in [6.07, 6.45) is 1.17. The van der Waals surface area contributed by atoms with Gasteiger partial charge in [0.05, 0.1) is 6.10 Å². The van der Waals surface area contributed by atoms with Crippen molar-refractivity contribution >= 4 is 8.32 Å². The Kier molecular flexibility index (Phi) is 4.27. The first-order valence-corrected chi connectivity index (χ1v) is 9.48. The quantitative estimate of drug-likeness (QED) is 0.618. The fourth-order valence-electron chi connectivity index (χ4n) is 2.21. The van der Waals surface area contributed by atoms with Crippen LogP contribution in [0.1, 0.15) is 34.1 Å². The summed E-state index contributed by atoms with van der Waals surface area (Å²) < 4.78 is 6.41. The number of hydrogen-bond acceptors (Lipinski definition) is 2. The lowest BCUT2D eigenvalue weighted by Gasteiger charge is -2.38. The van der Waals surface area contributed by atoms with Crippen molar-refractivity contribution < 1.29 is 9.53 Å². The van der Waals surface area contributed by atoms with Gasteiger partial charge in [0, 0.05) is 12.5 Å². The lowest BCUT2D eigenvalue weighted by Crippen LogP contribution is -2.43. The van der Waals surface area contributed by atoms with Crippen molar-refractivity contribution in [2.24, 2.45) is 11.8 Å². The van der Waals surface area contributed by atoms with Gasteiger partial charge in [-0.3, -0.25) is 0 Å². The summed E-state index contributed by atoms with van der Waals surface area (Å²) in [5.41, 5.74) is 1.10. The lowest BCUT2D eigenvalue weighted by atomic mass is 9.97. The molecule has 2 nitrogen and oxygen atoms in total. The van der Waals surface area contributed by atoms with Crippen molar-refractivity contribution in [1.29, 1.82) is 0 Å². The Morgan fingerprint density at radius 3 is 2.29 bits per heavy atom. The molecule has 0 unspecified atom stereocenters. The van der Waals surface area contributed by atoms with Crippen LogP contribution in [0.3, 0.4) is 0 Å². The van der Waals surface area contributed by atoms with Crippen LogP contribution in [0.5, 0.6) is 0 Å². The molecule has 1 aliphatic carbocycles. The zero-order valence-corrected chi connectivity index (χ0v) is 13.2. The van der Waals surface area contributed by atoms with Crippen LogP contribution < -0.4 is 0 Å². The highest BCUT2D eigenvalue weighted by molar-refractivity contribution is 6.74. The molecule has 1 rings (SSSR count). The molecule has 0 aromatic rings. The van der Waals surface area contributed by atoms with Gasteiger partial charge < -0.3 is 9.53 Å². The normalized spacial score (nSPS) is 31.0. The summed E-state index contributed by atoms with van der Waals surface area (Å²) in [6.45, 7) is 17.8. The van der Waals surface area contributed by atoms with Gasteiger partial charge in [0.1, 0.15) is 0 Å². The van der Waals surface area contributed by atoms with E-state index in [2.05, 4.69) is 47.4 Å². The zero-order valence-electron chi connectivity index (χ0n) is 12.2. The predicted octanol–water partition coefficient (Wildman–Crippen LogP) is 3.58. The second kappa shape index (κ2) is 4.86. The fraction of sp³-hybridized carbons (Fsp3) is 0.857. The highest BCUT2D eigenvalue weighted by Gasteiger charge is 2.43. The van der Waals surface area contributed by atoms with Gasteiger partial charge in [-0.05, 0) is 36.0 Å². The number of hydrogen-bond donors (Lipinski definition) is 1. The molecule has 1 aliphatic rings. The molecule has 3 atom stereocenters. The van der Waals surface area contributed by atoms with Gasteiger partial charge >= 0.3 is 0 Å². The minimum absolute atomic E-state index is 0.156. The third-order valence-corrected chi connectivity index (χ3v) is 9.09. The van der Waals surface area contributed by atoms with E-state index in [1.807, 2.05) is 0 Å². The molecule has 0 aromatic carbocycles. The molecule has 1 fully saturated rings. The number of aliphatic hydroxyl groups is 1. The van der Waals surface area contributed by atoms with E-state index < -0.39 is 8.32 Å². The molecule has 0 spiro atoms. The topological polar surface area (TPSA) is 29.5 Å². The molecule has 0 radical (unpaired) electrons. The van der Waals surface area contributed by atoms with E-state index in [-0.39, 0.29) is 23.7 Å². The van der Waals surface area contributed by atoms with Crippen LogP contribution in [0.15, 0.2) is 12.2 Å². The smallest absolute Gasteiger partial charge is 0.192 e. The maximum absolute atomic E-state index is 9.38. The Balaban J connectivity index is 2.75. The second-order valence-corrected chi connectivity index (χ2v) is 11.7. The maximum Gasteiger partial charge on any atom is 0.192 e. The summed E-state index contributed by atoms with van der Waals surface area (Å²) in [6, 6.07) is 0. The largest absolute Gasteiger partial charge is 0.410 e. The van der Waals surface area contributed by atoms with Crippen LogP contribution in [-0.4, -0.2) is 26.1 Å². The van der Waals surface area contributed by atoms with Crippen LogP contribution in [0.25, 0.3) is 0 Å². The molecule has 0 aromatic heterocycles. The predicted molar refractivity (Wildman–Crippen MR) is 75.6 cm³/mol. The van der Waals surface area contributed by atoms with Gasteiger partial charge in [0.2, 0.25) is 0 Å². The van der Waals surface area contributed by atoms with Gasteiger partial charge in [0.15, 0.2) is 8.32 Å². The van der Waals surface area contributed by atoms with Crippen molar-refractivity contribution in [2.45, 2.75) is 58.4 Å². The monoisotopic (exact) mass is 256 g/mol. The summed E-state index contributed by atoms with van der Waals surface area (Å²) >= 11 is 0.